The van der Waals surface area contributed by atoms with Crippen molar-refractivity contribution in [3.63, 3.8) is 0 Å². The lowest BCUT2D eigenvalue weighted by atomic mass is 9.86. The summed E-state index contributed by atoms with van der Waals surface area (Å²) in [5, 5.41) is 0. The van der Waals surface area contributed by atoms with Crippen molar-refractivity contribution in [3.05, 3.63) is 35.4 Å². The summed E-state index contributed by atoms with van der Waals surface area (Å²) in [4.78, 5) is 2.40. The summed E-state index contributed by atoms with van der Waals surface area (Å²) in [5.74, 6) is 0. The molecule has 0 spiro atoms. The third kappa shape index (κ3) is 3.60. The number of nitrogens with two attached hydrogens (primary N) is 1. The van der Waals surface area contributed by atoms with Crippen molar-refractivity contribution in [2.45, 2.75) is 45.3 Å². The maximum absolute atomic E-state index is 6.39. The lowest BCUT2D eigenvalue weighted by Gasteiger charge is -2.35. The van der Waals surface area contributed by atoms with Gasteiger partial charge in [0.05, 0.1) is 18.8 Å². The largest absolute Gasteiger partial charge is 0.374 e. The quantitative estimate of drug-likeness (QED) is 0.922. The fourth-order valence-electron chi connectivity index (χ4n) is 2.66. The van der Waals surface area contributed by atoms with E-state index in [0.717, 1.165) is 26.2 Å². The van der Waals surface area contributed by atoms with Gasteiger partial charge in [0, 0.05) is 13.1 Å². The van der Waals surface area contributed by atoms with Crippen LogP contribution < -0.4 is 5.73 Å². The predicted octanol–water partition coefficient (Wildman–Crippen LogP) is 2.70. The van der Waals surface area contributed by atoms with E-state index in [-0.39, 0.29) is 17.6 Å². The fourth-order valence-corrected chi connectivity index (χ4v) is 2.66. The van der Waals surface area contributed by atoms with Crippen LogP contribution in [0.5, 0.6) is 0 Å². The molecule has 0 amide bonds. The normalized spacial score (nSPS) is 22.8. The zero-order valence-electron chi connectivity index (χ0n) is 13.2. The highest BCUT2D eigenvalue weighted by Crippen LogP contribution is 2.25. The summed E-state index contributed by atoms with van der Waals surface area (Å²) in [6.45, 7) is 12.7. The SMILES string of the molecule is CCN1CCOC(C(N)c2ccc(C(C)(C)C)cc2)C1. The molecule has 0 aliphatic carbocycles. The van der Waals surface area contributed by atoms with Crippen LogP contribution in [0.3, 0.4) is 0 Å². The standard InChI is InChI=1S/C17H28N2O/c1-5-19-10-11-20-15(12-19)16(18)13-6-8-14(9-7-13)17(2,3)4/h6-9,15-16H,5,10-12,18H2,1-4H3. The monoisotopic (exact) mass is 276 g/mol. The fraction of sp³-hybridized carbons (Fsp3) is 0.647. The molecule has 20 heavy (non-hydrogen) atoms. The Morgan fingerprint density at radius 3 is 2.50 bits per heavy atom. The summed E-state index contributed by atoms with van der Waals surface area (Å²) in [6.07, 6.45) is 0.101. The van der Waals surface area contributed by atoms with E-state index in [1.807, 2.05) is 0 Å². The van der Waals surface area contributed by atoms with Crippen LogP contribution in [0.15, 0.2) is 24.3 Å². The van der Waals surface area contributed by atoms with Gasteiger partial charge in [-0.25, -0.2) is 0 Å². The van der Waals surface area contributed by atoms with Gasteiger partial charge in [-0.05, 0) is 23.1 Å². The molecule has 2 atom stereocenters. The molecule has 1 aromatic carbocycles. The van der Waals surface area contributed by atoms with Gasteiger partial charge in [0.25, 0.3) is 0 Å². The van der Waals surface area contributed by atoms with E-state index in [0.29, 0.717) is 0 Å². The first-order chi connectivity index (χ1) is 9.41. The molecule has 2 unspecified atom stereocenters. The van der Waals surface area contributed by atoms with Crippen molar-refractivity contribution in [3.8, 4) is 0 Å². The maximum Gasteiger partial charge on any atom is 0.0894 e. The number of hydrogen-bond acceptors (Lipinski definition) is 3. The molecule has 2 rings (SSSR count). The summed E-state index contributed by atoms with van der Waals surface area (Å²) in [5.41, 5.74) is 9.09. The molecule has 1 aliphatic heterocycles. The molecular weight excluding hydrogens is 248 g/mol. The van der Waals surface area contributed by atoms with Crippen molar-refractivity contribution < 1.29 is 4.74 Å². The molecule has 1 heterocycles. The van der Waals surface area contributed by atoms with E-state index in [4.69, 9.17) is 10.5 Å². The van der Waals surface area contributed by atoms with Gasteiger partial charge < -0.3 is 10.5 Å². The molecule has 1 saturated heterocycles. The predicted molar refractivity (Wildman–Crippen MR) is 83.9 cm³/mol. The van der Waals surface area contributed by atoms with Crippen molar-refractivity contribution >= 4 is 0 Å². The second kappa shape index (κ2) is 6.25. The van der Waals surface area contributed by atoms with Crippen LogP contribution in [0.1, 0.15) is 44.9 Å². The first-order valence-electron chi connectivity index (χ1n) is 7.62. The highest BCUT2D eigenvalue weighted by atomic mass is 16.5. The molecule has 0 radical (unpaired) electrons. The van der Waals surface area contributed by atoms with Crippen molar-refractivity contribution in [1.29, 1.82) is 0 Å². The smallest absolute Gasteiger partial charge is 0.0894 e. The number of hydrogen-bond donors (Lipinski definition) is 1. The van der Waals surface area contributed by atoms with Gasteiger partial charge in [0.2, 0.25) is 0 Å². The van der Waals surface area contributed by atoms with Crippen LogP contribution in [0.2, 0.25) is 0 Å². The van der Waals surface area contributed by atoms with Crippen LogP contribution in [0.4, 0.5) is 0 Å². The zero-order valence-corrected chi connectivity index (χ0v) is 13.2. The molecule has 1 aliphatic rings. The average Bonchev–Trinajstić information content (AvgIpc) is 2.46. The third-order valence-electron chi connectivity index (χ3n) is 4.19. The molecule has 0 bridgehead atoms. The van der Waals surface area contributed by atoms with Crippen LogP contribution in [-0.2, 0) is 10.2 Å². The average molecular weight is 276 g/mol. The number of benzene rings is 1. The van der Waals surface area contributed by atoms with Crippen LogP contribution in [0.25, 0.3) is 0 Å². The van der Waals surface area contributed by atoms with Crippen molar-refractivity contribution in [2.75, 3.05) is 26.2 Å². The Bertz CT molecular complexity index is 422. The van der Waals surface area contributed by atoms with Gasteiger partial charge in [0.1, 0.15) is 0 Å². The first kappa shape index (κ1) is 15.5. The Morgan fingerprint density at radius 1 is 1.30 bits per heavy atom. The zero-order chi connectivity index (χ0) is 14.8. The molecular formula is C17H28N2O. The van der Waals surface area contributed by atoms with Gasteiger partial charge >= 0.3 is 0 Å². The van der Waals surface area contributed by atoms with Crippen molar-refractivity contribution in [2.24, 2.45) is 5.73 Å². The Hall–Kier alpha value is -0.900. The Labute approximate surface area is 123 Å². The van der Waals surface area contributed by atoms with Crippen LogP contribution in [0, 0.1) is 0 Å². The lowest BCUT2D eigenvalue weighted by Crippen LogP contribution is -2.46. The molecule has 3 heteroatoms. The van der Waals surface area contributed by atoms with E-state index in [1.165, 1.54) is 11.1 Å². The van der Waals surface area contributed by atoms with Gasteiger partial charge in [0.15, 0.2) is 0 Å². The second-order valence-corrected chi connectivity index (χ2v) is 6.70. The minimum atomic E-state index is -0.0432. The highest BCUT2D eigenvalue weighted by Gasteiger charge is 2.26. The Morgan fingerprint density at radius 2 is 1.95 bits per heavy atom. The van der Waals surface area contributed by atoms with E-state index >= 15 is 0 Å². The number of likely N-dealkylation sites (N-methyl/N-ethyl adjacent to an activating group) is 1. The van der Waals surface area contributed by atoms with Crippen LogP contribution in [-0.4, -0.2) is 37.2 Å². The maximum atomic E-state index is 6.39. The number of morpholine rings is 1. The molecule has 1 aromatic rings. The van der Waals surface area contributed by atoms with E-state index in [2.05, 4.69) is 56.9 Å². The molecule has 0 aromatic heterocycles. The molecule has 0 saturated carbocycles. The van der Waals surface area contributed by atoms with E-state index in [1.54, 1.807) is 0 Å². The van der Waals surface area contributed by atoms with Gasteiger partial charge in [-0.3, -0.25) is 4.90 Å². The topological polar surface area (TPSA) is 38.5 Å². The summed E-state index contributed by atoms with van der Waals surface area (Å²) in [6, 6.07) is 8.64. The minimum Gasteiger partial charge on any atom is -0.374 e. The Kier molecular flexibility index (Phi) is 4.84. The molecule has 112 valence electrons. The van der Waals surface area contributed by atoms with E-state index in [9.17, 15) is 0 Å². The Balaban J connectivity index is 2.07. The summed E-state index contributed by atoms with van der Waals surface area (Å²) < 4.78 is 5.86. The highest BCUT2D eigenvalue weighted by molar-refractivity contribution is 5.29. The van der Waals surface area contributed by atoms with Gasteiger partial charge in [-0.15, -0.1) is 0 Å². The van der Waals surface area contributed by atoms with Gasteiger partial charge in [-0.1, -0.05) is 52.0 Å². The molecule has 3 nitrogen and oxygen atoms in total. The number of ether oxygens (including phenoxy) is 1. The second-order valence-electron chi connectivity index (χ2n) is 6.70. The van der Waals surface area contributed by atoms with E-state index < -0.39 is 0 Å². The summed E-state index contributed by atoms with van der Waals surface area (Å²) >= 11 is 0. The third-order valence-corrected chi connectivity index (χ3v) is 4.19. The van der Waals surface area contributed by atoms with Crippen molar-refractivity contribution in [1.82, 2.24) is 4.90 Å². The lowest BCUT2D eigenvalue weighted by molar-refractivity contribution is -0.0392. The molecule has 1 fully saturated rings. The number of rotatable bonds is 3. The molecule has 2 N–H and O–H groups in total. The first-order valence-corrected chi connectivity index (χ1v) is 7.62. The minimum absolute atomic E-state index is 0.0432. The summed E-state index contributed by atoms with van der Waals surface area (Å²) in [7, 11) is 0. The van der Waals surface area contributed by atoms with Gasteiger partial charge in [-0.2, -0.15) is 0 Å². The number of nitrogens with zero attached hydrogens (tertiary/aromatic N) is 1. The van der Waals surface area contributed by atoms with Crippen LogP contribution >= 0.6 is 0 Å².